The van der Waals surface area contributed by atoms with Gasteiger partial charge in [-0.2, -0.15) is 0 Å². The van der Waals surface area contributed by atoms with Crippen LogP contribution in [0.25, 0.3) is 17.0 Å². The predicted molar refractivity (Wildman–Crippen MR) is 136 cm³/mol. The number of halogens is 3. The lowest BCUT2D eigenvalue weighted by atomic mass is 10.1. The van der Waals surface area contributed by atoms with Crippen LogP contribution in [0.5, 0.6) is 5.75 Å². The summed E-state index contributed by atoms with van der Waals surface area (Å²) in [6.45, 7) is 7.28. The molecular formula is C27H29F3N4O2. The van der Waals surface area contributed by atoms with Crippen LogP contribution >= 0.6 is 0 Å². The van der Waals surface area contributed by atoms with E-state index in [2.05, 4.69) is 27.2 Å². The van der Waals surface area contributed by atoms with Gasteiger partial charge in [0.1, 0.15) is 11.6 Å². The zero-order valence-electron chi connectivity index (χ0n) is 20.2. The predicted octanol–water partition coefficient (Wildman–Crippen LogP) is 5.99. The second-order valence-corrected chi connectivity index (χ2v) is 8.80. The largest absolute Gasteiger partial charge is 0.573 e. The van der Waals surface area contributed by atoms with Crippen molar-refractivity contribution in [2.45, 2.75) is 39.1 Å². The number of hydrogen-bond acceptors (Lipinski definition) is 5. The number of pyridine rings is 1. The summed E-state index contributed by atoms with van der Waals surface area (Å²) >= 11 is 0. The average Bonchev–Trinajstić information content (AvgIpc) is 3.29. The van der Waals surface area contributed by atoms with Crippen LogP contribution in [-0.4, -0.2) is 47.8 Å². The number of carbonyl (C=O) groups is 1. The van der Waals surface area contributed by atoms with Gasteiger partial charge in [-0.25, -0.2) is 4.98 Å². The van der Waals surface area contributed by atoms with E-state index in [4.69, 9.17) is 4.98 Å². The number of nitrogens with one attached hydrogen (secondary N) is 2. The van der Waals surface area contributed by atoms with Gasteiger partial charge in [-0.15, -0.1) is 13.2 Å². The maximum atomic E-state index is 12.4. The van der Waals surface area contributed by atoms with Crippen molar-refractivity contribution in [2.75, 3.05) is 30.3 Å². The second-order valence-electron chi connectivity index (χ2n) is 8.80. The van der Waals surface area contributed by atoms with Gasteiger partial charge in [0, 0.05) is 29.7 Å². The number of benzene rings is 2. The summed E-state index contributed by atoms with van der Waals surface area (Å²) < 4.78 is 40.6. The third-order valence-corrected chi connectivity index (χ3v) is 6.25. The minimum Gasteiger partial charge on any atom is -0.406 e. The molecular weight excluding hydrogens is 469 g/mol. The smallest absolute Gasteiger partial charge is 0.406 e. The van der Waals surface area contributed by atoms with Crippen LogP contribution < -0.4 is 15.4 Å². The maximum absolute atomic E-state index is 12.4. The molecule has 190 valence electrons. The number of alkyl halides is 3. The molecule has 1 unspecified atom stereocenters. The highest BCUT2D eigenvalue weighted by atomic mass is 19.4. The number of fused-ring (bicyclic) bond motifs is 1. The van der Waals surface area contributed by atoms with E-state index in [1.54, 1.807) is 6.07 Å². The molecule has 1 fully saturated rings. The molecule has 3 aromatic rings. The SMILES string of the molecule is CCN1CCCC1CNc1cc(C)c2cc(NC(=O)/C=C/c3ccc(OC(F)(F)F)cc3)ccc2n1. The van der Waals surface area contributed by atoms with E-state index >= 15 is 0 Å². The van der Waals surface area contributed by atoms with E-state index in [1.807, 2.05) is 25.1 Å². The van der Waals surface area contributed by atoms with Gasteiger partial charge in [0.15, 0.2) is 0 Å². The molecule has 1 atom stereocenters. The number of likely N-dealkylation sites (N-methyl/N-ethyl adjacent to an activating group) is 1. The molecule has 1 aromatic heterocycles. The molecule has 1 saturated heterocycles. The molecule has 0 aliphatic carbocycles. The number of amides is 1. The summed E-state index contributed by atoms with van der Waals surface area (Å²) in [5, 5.41) is 7.24. The Balaban J connectivity index is 1.37. The summed E-state index contributed by atoms with van der Waals surface area (Å²) in [6, 6.07) is 13.4. The van der Waals surface area contributed by atoms with Crippen LogP contribution in [-0.2, 0) is 4.79 Å². The van der Waals surface area contributed by atoms with Crippen molar-refractivity contribution >= 4 is 34.4 Å². The van der Waals surface area contributed by atoms with Crippen LogP contribution in [0.15, 0.2) is 54.6 Å². The molecule has 1 amide bonds. The zero-order chi connectivity index (χ0) is 25.7. The minimum absolute atomic E-state index is 0.316. The van der Waals surface area contributed by atoms with Crippen LogP contribution in [0.4, 0.5) is 24.7 Å². The van der Waals surface area contributed by atoms with Crippen LogP contribution in [0.1, 0.15) is 30.9 Å². The Morgan fingerprint density at radius 3 is 2.69 bits per heavy atom. The highest BCUT2D eigenvalue weighted by Gasteiger charge is 2.30. The van der Waals surface area contributed by atoms with Gasteiger partial charge in [0.25, 0.3) is 0 Å². The Morgan fingerprint density at radius 1 is 1.19 bits per heavy atom. The quantitative estimate of drug-likeness (QED) is 0.374. The van der Waals surface area contributed by atoms with E-state index < -0.39 is 6.36 Å². The van der Waals surface area contributed by atoms with Gasteiger partial charge in [-0.1, -0.05) is 19.1 Å². The van der Waals surface area contributed by atoms with Crippen LogP contribution in [0, 0.1) is 6.92 Å². The first-order valence-electron chi connectivity index (χ1n) is 11.9. The number of rotatable bonds is 8. The number of hydrogen-bond donors (Lipinski definition) is 2. The fraction of sp³-hybridized carbons (Fsp3) is 0.333. The number of aromatic nitrogens is 1. The van der Waals surface area contributed by atoms with Gasteiger partial charge < -0.3 is 15.4 Å². The van der Waals surface area contributed by atoms with Crippen molar-refractivity contribution in [3.63, 3.8) is 0 Å². The van der Waals surface area contributed by atoms with Crippen molar-refractivity contribution in [1.82, 2.24) is 9.88 Å². The van der Waals surface area contributed by atoms with E-state index in [0.29, 0.717) is 17.3 Å². The summed E-state index contributed by atoms with van der Waals surface area (Å²) in [5.41, 5.74) is 3.08. The zero-order valence-corrected chi connectivity index (χ0v) is 20.2. The monoisotopic (exact) mass is 498 g/mol. The molecule has 9 heteroatoms. The van der Waals surface area contributed by atoms with Gasteiger partial charge in [-0.05, 0) is 86.5 Å². The number of aryl methyl sites for hydroxylation is 1. The number of likely N-dealkylation sites (tertiary alicyclic amines) is 1. The third-order valence-electron chi connectivity index (χ3n) is 6.25. The lowest BCUT2D eigenvalue weighted by molar-refractivity contribution is -0.274. The van der Waals surface area contributed by atoms with Crippen LogP contribution in [0.2, 0.25) is 0 Å². The van der Waals surface area contributed by atoms with Gasteiger partial charge in [0.05, 0.1) is 5.52 Å². The molecule has 36 heavy (non-hydrogen) atoms. The first-order chi connectivity index (χ1) is 17.2. The highest BCUT2D eigenvalue weighted by molar-refractivity contribution is 6.03. The molecule has 6 nitrogen and oxygen atoms in total. The lowest BCUT2D eigenvalue weighted by Gasteiger charge is -2.23. The molecule has 0 spiro atoms. The lowest BCUT2D eigenvalue weighted by Crippen LogP contribution is -2.34. The molecule has 1 aliphatic rings. The first kappa shape index (κ1) is 25.5. The molecule has 0 saturated carbocycles. The van der Waals surface area contributed by atoms with Crippen molar-refractivity contribution in [1.29, 1.82) is 0 Å². The molecule has 0 bridgehead atoms. The Kier molecular flexibility index (Phi) is 7.79. The summed E-state index contributed by atoms with van der Waals surface area (Å²) in [7, 11) is 0. The van der Waals surface area contributed by atoms with Crippen molar-refractivity contribution < 1.29 is 22.7 Å². The summed E-state index contributed by atoms with van der Waals surface area (Å²) in [6.07, 6.45) is 0.530. The standard InChI is InChI=1S/C27H29F3N4O2/c1-3-34-14-4-5-21(34)17-31-25-15-18(2)23-16-20(9-12-24(23)33-25)32-26(35)13-8-19-6-10-22(11-7-19)36-27(28,29)30/h6-13,15-16,21H,3-5,14,17H2,1-2H3,(H,31,33)(H,32,35)/b13-8+. The Hall–Kier alpha value is -3.59. The molecule has 2 N–H and O–H groups in total. The fourth-order valence-electron chi connectivity index (χ4n) is 4.46. The molecule has 2 aromatic carbocycles. The van der Waals surface area contributed by atoms with E-state index in [9.17, 15) is 18.0 Å². The Morgan fingerprint density at radius 2 is 1.97 bits per heavy atom. The Bertz CT molecular complexity index is 1240. The van der Waals surface area contributed by atoms with Crippen molar-refractivity contribution in [3.05, 3.63) is 65.7 Å². The molecule has 0 radical (unpaired) electrons. The molecule has 4 rings (SSSR count). The van der Waals surface area contributed by atoms with E-state index in [0.717, 1.165) is 41.9 Å². The van der Waals surface area contributed by atoms with Crippen LogP contribution in [0.3, 0.4) is 0 Å². The average molecular weight is 499 g/mol. The number of ether oxygens (including phenoxy) is 1. The topological polar surface area (TPSA) is 66.5 Å². The number of anilines is 2. The maximum Gasteiger partial charge on any atom is 0.573 e. The van der Waals surface area contributed by atoms with Crippen molar-refractivity contribution in [2.24, 2.45) is 0 Å². The minimum atomic E-state index is -4.74. The summed E-state index contributed by atoms with van der Waals surface area (Å²) in [4.78, 5) is 19.6. The third kappa shape index (κ3) is 6.75. The van der Waals surface area contributed by atoms with Gasteiger partial charge in [-0.3, -0.25) is 9.69 Å². The van der Waals surface area contributed by atoms with E-state index in [1.165, 1.54) is 49.3 Å². The number of nitrogens with zero attached hydrogens (tertiary/aromatic N) is 2. The normalized spacial score (nSPS) is 16.5. The first-order valence-corrected chi connectivity index (χ1v) is 11.9. The highest BCUT2D eigenvalue weighted by Crippen LogP contribution is 2.25. The number of carbonyl (C=O) groups excluding carboxylic acids is 1. The second kappa shape index (κ2) is 11.0. The van der Waals surface area contributed by atoms with Crippen molar-refractivity contribution in [3.8, 4) is 5.75 Å². The molecule has 2 heterocycles. The van der Waals surface area contributed by atoms with Gasteiger partial charge >= 0.3 is 6.36 Å². The van der Waals surface area contributed by atoms with E-state index in [-0.39, 0.29) is 11.7 Å². The van der Waals surface area contributed by atoms with Gasteiger partial charge in [0.2, 0.25) is 5.91 Å². The Labute approximate surface area is 208 Å². The molecule has 1 aliphatic heterocycles. The fourth-order valence-corrected chi connectivity index (χ4v) is 4.46. The summed E-state index contributed by atoms with van der Waals surface area (Å²) in [5.74, 6) is 0.171.